The maximum atomic E-state index is 8.61. The molecule has 0 spiro atoms. The Bertz CT molecular complexity index is 618. The van der Waals surface area contributed by atoms with Crippen LogP contribution in [0.3, 0.4) is 0 Å². The summed E-state index contributed by atoms with van der Waals surface area (Å²) in [4.78, 5) is 3.98. The lowest BCUT2D eigenvalue weighted by molar-refractivity contribution is 0.311. The number of rotatable bonds is 6. The molecule has 110 valence electrons. The smallest absolute Gasteiger partial charge is 0.170 e. The zero-order chi connectivity index (χ0) is 15.1. The fraction of sp³-hybridized carbons (Fsp3) is 0.200. The van der Waals surface area contributed by atoms with Gasteiger partial charge in [-0.25, -0.2) is 0 Å². The van der Waals surface area contributed by atoms with E-state index in [0.717, 1.165) is 12.8 Å². The van der Waals surface area contributed by atoms with Gasteiger partial charge in [-0.1, -0.05) is 16.8 Å². The van der Waals surface area contributed by atoms with Crippen LogP contribution in [0.25, 0.3) is 0 Å². The molecule has 21 heavy (non-hydrogen) atoms. The minimum Gasteiger partial charge on any atom is -0.492 e. The number of oxime groups is 1. The average molecular weight is 306 g/mol. The van der Waals surface area contributed by atoms with E-state index in [2.05, 4.69) is 10.1 Å². The molecule has 1 aromatic heterocycles. The number of pyridine rings is 1. The zero-order valence-corrected chi connectivity index (χ0v) is 12.1. The third-order valence-corrected chi connectivity index (χ3v) is 3.25. The Kier molecular flexibility index (Phi) is 5.40. The molecule has 1 heterocycles. The van der Waals surface area contributed by atoms with E-state index in [0.29, 0.717) is 22.9 Å². The van der Waals surface area contributed by atoms with Crippen molar-refractivity contribution in [2.75, 3.05) is 6.61 Å². The van der Waals surface area contributed by atoms with Crippen molar-refractivity contribution < 1.29 is 9.94 Å². The first-order valence-corrected chi connectivity index (χ1v) is 6.87. The number of benzene rings is 1. The number of ether oxygens (including phenoxy) is 1. The predicted octanol–water partition coefficient (Wildman–Crippen LogP) is 2.84. The van der Waals surface area contributed by atoms with E-state index < -0.39 is 0 Å². The fourth-order valence-corrected chi connectivity index (χ4v) is 2.08. The molecule has 0 radical (unpaired) electrons. The standard InChI is InChI=1S/C15H16ClN3O2/c16-13-10-12(15(17)19-20)3-4-14(13)21-9-1-2-11-5-7-18-8-6-11/h3-8,10,20H,1-2,9H2,(H2,17,19). The van der Waals surface area contributed by atoms with Gasteiger partial charge in [0.2, 0.25) is 0 Å². The van der Waals surface area contributed by atoms with Gasteiger partial charge in [0.1, 0.15) is 5.75 Å². The van der Waals surface area contributed by atoms with Crippen LogP contribution in [0.1, 0.15) is 17.5 Å². The molecule has 2 aromatic rings. The van der Waals surface area contributed by atoms with Gasteiger partial charge in [0.15, 0.2) is 5.84 Å². The van der Waals surface area contributed by atoms with E-state index in [4.69, 9.17) is 27.3 Å². The maximum Gasteiger partial charge on any atom is 0.170 e. The predicted molar refractivity (Wildman–Crippen MR) is 82.0 cm³/mol. The van der Waals surface area contributed by atoms with Gasteiger partial charge < -0.3 is 15.7 Å². The zero-order valence-electron chi connectivity index (χ0n) is 11.4. The molecule has 0 amide bonds. The van der Waals surface area contributed by atoms with Gasteiger partial charge in [-0.2, -0.15) is 0 Å². The molecule has 2 rings (SSSR count). The van der Waals surface area contributed by atoms with Gasteiger partial charge in [0.25, 0.3) is 0 Å². The van der Waals surface area contributed by atoms with Crippen molar-refractivity contribution in [1.29, 1.82) is 0 Å². The second-order valence-corrected chi connectivity index (χ2v) is 4.85. The Balaban J connectivity index is 1.86. The van der Waals surface area contributed by atoms with Crippen LogP contribution >= 0.6 is 11.6 Å². The summed E-state index contributed by atoms with van der Waals surface area (Å²) in [5.41, 5.74) is 7.27. The van der Waals surface area contributed by atoms with Crippen LogP contribution in [0.2, 0.25) is 5.02 Å². The summed E-state index contributed by atoms with van der Waals surface area (Å²) in [6.45, 7) is 0.560. The highest BCUT2D eigenvalue weighted by Gasteiger charge is 2.06. The fourth-order valence-electron chi connectivity index (χ4n) is 1.84. The maximum absolute atomic E-state index is 8.61. The van der Waals surface area contributed by atoms with Crippen molar-refractivity contribution in [2.45, 2.75) is 12.8 Å². The molecular formula is C15H16ClN3O2. The van der Waals surface area contributed by atoms with E-state index >= 15 is 0 Å². The highest BCUT2D eigenvalue weighted by Crippen LogP contribution is 2.25. The van der Waals surface area contributed by atoms with Gasteiger partial charge in [0.05, 0.1) is 11.6 Å². The Labute approximate surface area is 128 Å². The van der Waals surface area contributed by atoms with E-state index in [-0.39, 0.29) is 5.84 Å². The van der Waals surface area contributed by atoms with Crippen LogP contribution < -0.4 is 10.5 Å². The lowest BCUT2D eigenvalue weighted by Crippen LogP contribution is -2.13. The molecule has 0 bridgehead atoms. The van der Waals surface area contributed by atoms with Crippen LogP contribution in [-0.2, 0) is 6.42 Å². The van der Waals surface area contributed by atoms with Gasteiger partial charge >= 0.3 is 0 Å². The Morgan fingerprint density at radius 1 is 1.29 bits per heavy atom. The van der Waals surface area contributed by atoms with Crippen LogP contribution in [0.5, 0.6) is 5.75 Å². The summed E-state index contributed by atoms with van der Waals surface area (Å²) >= 11 is 6.10. The minimum absolute atomic E-state index is 0.0149. The largest absolute Gasteiger partial charge is 0.492 e. The van der Waals surface area contributed by atoms with Crippen molar-refractivity contribution in [3.63, 3.8) is 0 Å². The third-order valence-electron chi connectivity index (χ3n) is 2.95. The molecular weight excluding hydrogens is 290 g/mol. The molecule has 0 atom stereocenters. The Morgan fingerprint density at radius 2 is 2.05 bits per heavy atom. The first-order chi connectivity index (χ1) is 10.2. The van der Waals surface area contributed by atoms with Crippen LogP contribution in [0.4, 0.5) is 0 Å². The topological polar surface area (TPSA) is 80.7 Å². The van der Waals surface area contributed by atoms with Crippen molar-refractivity contribution in [3.05, 3.63) is 58.9 Å². The number of aryl methyl sites for hydroxylation is 1. The number of aromatic nitrogens is 1. The second kappa shape index (κ2) is 7.50. The van der Waals surface area contributed by atoms with Crippen molar-refractivity contribution >= 4 is 17.4 Å². The summed E-state index contributed by atoms with van der Waals surface area (Å²) in [5.74, 6) is 0.599. The average Bonchev–Trinajstić information content (AvgIpc) is 2.53. The van der Waals surface area contributed by atoms with E-state index in [1.165, 1.54) is 5.56 Å². The number of nitrogens with two attached hydrogens (primary N) is 1. The van der Waals surface area contributed by atoms with E-state index in [1.54, 1.807) is 30.6 Å². The molecule has 3 N–H and O–H groups in total. The minimum atomic E-state index is 0.0149. The van der Waals surface area contributed by atoms with E-state index in [1.807, 2.05) is 12.1 Å². The normalized spacial score (nSPS) is 11.4. The molecule has 0 saturated heterocycles. The lowest BCUT2D eigenvalue weighted by atomic mass is 10.1. The number of hydrogen-bond donors (Lipinski definition) is 2. The van der Waals surface area contributed by atoms with Crippen molar-refractivity contribution in [3.8, 4) is 5.75 Å². The number of nitrogens with zero attached hydrogens (tertiary/aromatic N) is 2. The van der Waals surface area contributed by atoms with Crippen LogP contribution in [0.15, 0.2) is 47.9 Å². The third kappa shape index (κ3) is 4.36. The molecule has 1 aromatic carbocycles. The summed E-state index contributed by atoms with van der Waals surface area (Å²) in [6, 6.07) is 8.98. The molecule has 0 aliphatic rings. The first-order valence-electron chi connectivity index (χ1n) is 6.50. The number of halogens is 1. The molecule has 0 unspecified atom stereocenters. The lowest BCUT2D eigenvalue weighted by Gasteiger charge is -2.09. The van der Waals surface area contributed by atoms with Gasteiger partial charge in [-0.3, -0.25) is 4.98 Å². The van der Waals surface area contributed by atoms with Crippen molar-refractivity contribution in [1.82, 2.24) is 4.98 Å². The molecule has 0 saturated carbocycles. The SMILES string of the molecule is NC(=NO)c1ccc(OCCCc2ccncc2)c(Cl)c1. The van der Waals surface area contributed by atoms with Gasteiger partial charge in [-0.15, -0.1) is 0 Å². The molecule has 6 heteroatoms. The monoisotopic (exact) mass is 305 g/mol. The van der Waals surface area contributed by atoms with Gasteiger partial charge in [-0.05, 0) is 48.7 Å². The van der Waals surface area contributed by atoms with Crippen molar-refractivity contribution in [2.24, 2.45) is 10.9 Å². The van der Waals surface area contributed by atoms with Crippen LogP contribution in [-0.4, -0.2) is 22.6 Å². The van der Waals surface area contributed by atoms with Gasteiger partial charge in [0, 0.05) is 18.0 Å². The quantitative estimate of drug-likeness (QED) is 0.283. The summed E-state index contributed by atoms with van der Waals surface area (Å²) in [7, 11) is 0. The first kappa shape index (κ1) is 15.1. The summed E-state index contributed by atoms with van der Waals surface area (Å²) in [5, 5.41) is 12.0. The highest BCUT2D eigenvalue weighted by atomic mass is 35.5. The second-order valence-electron chi connectivity index (χ2n) is 4.44. The molecule has 0 aliphatic heterocycles. The molecule has 0 aliphatic carbocycles. The summed E-state index contributed by atoms with van der Waals surface area (Å²) in [6.07, 6.45) is 5.35. The summed E-state index contributed by atoms with van der Waals surface area (Å²) < 4.78 is 5.64. The number of hydrogen-bond acceptors (Lipinski definition) is 4. The number of amidine groups is 1. The highest BCUT2D eigenvalue weighted by molar-refractivity contribution is 6.32. The Morgan fingerprint density at radius 3 is 2.71 bits per heavy atom. The molecule has 0 fully saturated rings. The van der Waals surface area contributed by atoms with Crippen LogP contribution in [0, 0.1) is 0 Å². The Hall–Kier alpha value is -2.27. The molecule has 5 nitrogen and oxygen atoms in total. The van der Waals surface area contributed by atoms with E-state index in [9.17, 15) is 0 Å².